The molecule has 76 valence electrons. The average Bonchev–Trinajstić information content (AvgIpc) is 2.48. The van der Waals surface area contributed by atoms with Gasteiger partial charge in [0.1, 0.15) is 6.23 Å². The quantitative estimate of drug-likeness (QED) is 0.554. The number of fused-ring (bicyclic) bond motifs is 1. The van der Waals surface area contributed by atoms with E-state index in [4.69, 9.17) is 0 Å². The molecule has 1 heterocycles. The first kappa shape index (κ1) is 9.44. The van der Waals surface area contributed by atoms with Crippen LogP contribution in [0.1, 0.15) is 32.1 Å². The summed E-state index contributed by atoms with van der Waals surface area (Å²) in [6.07, 6.45) is 5.95. The molecule has 2 rings (SSSR count). The summed E-state index contributed by atoms with van der Waals surface area (Å²) in [5.74, 6) is 0.813. The molecule has 1 aliphatic carbocycles. The van der Waals surface area contributed by atoms with E-state index in [9.17, 15) is 5.11 Å². The lowest BCUT2D eigenvalue weighted by Gasteiger charge is -2.22. The van der Waals surface area contributed by atoms with Gasteiger partial charge in [-0.2, -0.15) is 0 Å². The first-order chi connectivity index (χ1) is 6.31. The Morgan fingerprint density at radius 3 is 2.85 bits per heavy atom. The van der Waals surface area contributed by atoms with Crippen molar-refractivity contribution in [2.45, 2.75) is 50.4 Å². The fourth-order valence-corrected chi connectivity index (χ4v) is 2.79. The summed E-state index contributed by atoms with van der Waals surface area (Å²) in [7, 11) is 1.93. The normalized spacial score (nSPS) is 45.7. The highest BCUT2D eigenvalue weighted by Gasteiger charge is 2.34. The van der Waals surface area contributed by atoms with Crippen molar-refractivity contribution in [1.29, 1.82) is 0 Å². The maximum Gasteiger partial charge on any atom is 0.120 e. The minimum absolute atomic E-state index is 0.241. The molecule has 3 heteroatoms. The zero-order valence-electron chi connectivity index (χ0n) is 8.29. The Labute approximate surface area is 79.9 Å². The molecule has 0 amide bonds. The standard InChI is InChI=1S/C10H20N2O/c1-11-9-6-5-7-3-2-4-8(7)12-10(9)13/h7-13H,2-6H2,1H3. The number of rotatable bonds is 1. The molecule has 0 aromatic carbocycles. The van der Waals surface area contributed by atoms with Crippen LogP contribution >= 0.6 is 0 Å². The van der Waals surface area contributed by atoms with Crippen LogP contribution < -0.4 is 10.6 Å². The predicted molar refractivity (Wildman–Crippen MR) is 52.4 cm³/mol. The summed E-state index contributed by atoms with van der Waals surface area (Å²) in [6.45, 7) is 0. The molecule has 0 radical (unpaired) electrons. The third-order valence-corrected chi connectivity index (χ3v) is 3.64. The maximum atomic E-state index is 9.82. The highest BCUT2D eigenvalue weighted by Crippen LogP contribution is 2.32. The largest absolute Gasteiger partial charge is 0.377 e. The van der Waals surface area contributed by atoms with Crippen LogP contribution in [0.15, 0.2) is 0 Å². The smallest absolute Gasteiger partial charge is 0.120 e. The fourth-order valence-electron chi connectivity index (χ4n) is 2.79. The lowest BCUT2D eigenvalue weighted by Crippen LogP contribution is -2.48. The second-order valence-electron chi connectivity index (χ2n) is 4.38. The van der Waals surface area contributed by atoms with E-state index >= 15 is 0 Å². The van der Waals surface area contributed by atoms with E-state index in [2.05, 4.69) is 10.6 Å². The Balaban J connectivity index is 1.99. The van der Waals surface area contributed by atoms with Gasteiger partial charge in [-0.05, 0) is 38.6 Å². The third-order valence-electron chi connectivity index (χ3n) is 3.64. The molecule has 1 saturated carbocycles. The van der Waals surface area contributed by atoms with Crippen molar-refractivity contribution in [2.24, 2.45) is 5.92 Å². The van der Waals surface area contributed by atoms with Gasteiger partial charge in [0.2, 0.25) is 0 Å². The number of hydrogen-bond donors (Lipinski definition) is 3. The van der Waals surface area contributed by atoms with Crippen LogP contribution in [0.2, 0.25) is 0 Å². The Bertz CT molecular complexity index is 172. The lowest BCUT2D eigenvalue weighted by molar-refractivity contribution is 0.0895. The Morgan fingerprint density at radius 2 is 2.08 bits per heavy atom. The van der Waals surface area contributed by atoms with Gasteiger partial charge in [0.25, 0.3) is 0 Å². The van der Waals surface area contributed by atoms with Crippen LogP contribution in [0, 0.1) is 5.92 Å². The summed E-state index contributed by atoms with van der Waals surface area (Å²) in [6, 6.07) is 0.818. The minimum atomic E-state index is -0.349. The Hall–Kier alpha value is -0.120. The van der Waals surface area contributed by atoms with Gasteiger partial charge >= 0.3 is 0 Å². The summed E-state index contributed by atoms with van der Waals surface area (Å²) >= 11 is 0. The van der Waals surface area contributed by atoms with Crippen molar-refractivity contribution >= 4 is 0 Å². The van der Waals surface area contributed by atoms with Crippen LogP contribution in [-0.2, 0) is 0 Å². The Kier molecular flexibility index (Phi) is 2.86. The number of aliphatic hydroxyl groups is 1. The van der Waals surface area contributed by atoms with E-state index in [1.54, 1.807) is 0 Å². The monoisotopic (exact) mass is 184 g/mol. The topological polar surface area (TPSA) is 44.3 Å². The predicted octanol–water partition coefficient (Wildman–Crippen LogP) is 0.445. The van der Waals surface area contributed by atoms with E-state index in [1.807, 2.05) is 7.05 Å². The molecule has 3 N–H and O–H groups in total. The molecule has 0 aromatic heterocycles. The molecule has 1 saturated heterocycles. The van der Waals surface area contributed by atoms with E-state index in [-0.39, 0.29) is 12.3 Å². The highest BCUT2D eigenvalue weighted by atomic mass is 16.3. The van der Waals surface area contributed by atoms with Gasteiger partial charge in [-0.1, -0.05) is 6.42 Å². The SMILES string of the molecule is CNC1CCC2CCCC2NC1O. The van der Waals surface area contributed by atoms with Crippen LogP contribution in [-0.4, -0.2) is 30.5 Å². The molecule has 0 bridgehead atoms. The van der Waals surface area contributed by atoms with E-state index in [1.165, 1.54) is 25.7 Å². The number of nitrogens with one attached hydrogen (secondary N) is 2. The summed E-state index contributed by atoms with van der Waals surface area (Å²) in [5.41, 5.74) is 0. The summed E-state index contributed by atoms with van der Waals surface area (Å²) < 4.78 is 0. The second kappa shape index (κ2) is 3.95. The first-order valence-electron chi connectivity index (χ1n) is 5.42. The molecule has 2 aliphatic rings. The molecule has 3 nitrogen and oxygen atoms in total. The molecule has 13 heavy (non-hydrogen) atoms. The fraction of sp³-hybridized carbons (Fsp3) is 1.00. The zero-order chi connectivity index (χ0) is 9.26. The molecule has 0 aromatic rings. The van der Waals surface area contributed by atoms with Crippen LogP contribution in [0.5, 0.6) is 0 Å². The van der Waals surface area contributed by atoms with Gasteiger partial charge in [-0.25, -0.2) is 0 Å². The van der Waals surface area contributed by atoms with Gasteiger partial charge in [0, 0.05) is 12.1 Å². The Morgan fingerprint density at radius 1 is 1.23 bits per heavy atom. The lowest BCUT2D eigenvalue weighted by atomic mass is 9.98. The van der Waals surface area contributed by atoms with Gasteiger partial charge < -0.3 is 10.4 Å². The van der Waals surface area contributed by atoms with Crippen LogP contribution in [0.4, 0.5) is 0 Å². The van der Waals surface area contributed by atoms with Crippen molar-refractivity contribution in [3.63, 3.8) is 0 Å². The van der Waals surface area contributed by atoms with E-state index < -0.39 is 0 Å². The second-order valence-corrected chi connectivity index (χ2v) is 4.38. The van der Waals surface area contributed by atoms with Crippen LogP contribution in [0.25, 0.3) is 0 Å². The van der Waals surface area contributed by atoms with E-state index in [0.29, 0.717) is 6.04 Å². The van der Waals surface area contributed by atoms with E-state index in [0.717, 1.165) is 12.3 Å². The summed E-state index contributed by atoms with van der Waals surface area (Å²) in [4.78, 5) is 0. The van der Waals surface area contributed by atoms with Gasteiger partial charge in [-0.15, -0.1) is 0 Å². The summed E-state index contributed by atoms with van der Waals surface area (Å²) in [5, 5.41) is 16.3. The maximum absolute atomic E-state index is 9.82. The zero-order valence-corrected chi connectivity index (χ0v) is 8.29. The van der Waals surface area contributed by atoms with Gasteiger partial charge in [0.05, 0.1) is 0 Å². The van der Waals surface area contributed by atoms with Gasteiger partial charge in [0.15, 0.2) is 0 Å². The molecular formula is C10H20N2O. The average molecular weight is 184 g/mol. The van der Waals surface area contributed by atoms with Crippen molar-refractivity contribution in [3.05, 3.63) is 0 Å². The van der Waals surface area contributed by atoms with Crippen molar-refractivity contribution in [2.75, 3.05) is 7.05 Å². The molecular weight excluding hydrogens is 164 g/mol. The molecule has 0 spiro atoms. The number of hydrogen-bond acceptors (Lipinski definition) is 3. The van der Waals surface area contributed by atoms with Crippen molar-refractivity contribution in [1.82, 2.24) is 10.6 Å². The van der Waals surface area contributed by atoms with Crippen molar-refractivity contribution in [3.8, 4) is 0 Å². The van der Waals surface area contributed by atoms with Gasteiger partial charge in [-0.3, -0.25) is 5.32 Å². The first-order valence-corrected chi connectivity index (χ1v) is 5.42. The molecule has 4 atom stereocenters. The number of likely N-dealkylation sites (N-methyl/N-ethyl adjacent to an activating group) is 1. The van der Waals surface area contributed by atoms with Crippen molar-refractivity contribution < 1.29 is 5.11 Å². The minimum Gasteiger partial charge on any atom is -0.377 e. The number of aliphatic hydroxyl groups excluding tert-OH is 1. The molecule has 4 unspecified atom stereocenters. The van der Waals surface area contributed by atoms with Crippen LogP contribution in [0.3, 0.4) is 0 Å². The molecule has 1 aliphatic heterocycles. The molecule has 2 fully saturated rings. The highest BCUT2D eigenvalue weighted by molar-refractivity contribution is 4.90. The third kappa shape index (κ3) is 1.87.